The largest absolute Gasteiger partial charge is 0.872 e. The van der Waals surface area contributed by atoms with Crippen LogP contribution in [0.1, 0.15) is 44.4 Å². The van der Waals surface area contributed by atoms with Crippen LogP contribution in [0.15, 0.2) is 12.1 Å². The Balaban J connectivity index is 0.000000344. The van der Waals surface area contributed by atoms with E-state index in [0.717, 1.165) is 43.7 Å². The number of hydrogen-bond acceptors (Lipinski definition) is 1. The summed E-state index contributed by atoms with van der Waals surface area (Å²) >= 11 is 0.755. The van der Waals surface area contributed by atoms with Gasteiger partial charge in [-0.1, -0.05) is 28.8 Å². The van der Waals surface area contributed by atoms with E-state index in [4.69, 9.17) is 0 Å². The third-order valence-electron chi connectivity index (χ3n) is 2.88. The van der Waals surface area contributed by atoms with Gasteiger partial charge >= 0.3 is 65.3 Å². The second-order valence-corrected chi connectivity index (χ2v) is 7.80. The molecule has 0 amide bonds. The van der Waals surface area contributed by atoms with E-state index in [0.29, 0.717) is 0 Å². The first kappa shape index (κ1) is 18.6. The van der Waals surface area contributed by atoms with Crippen molar-refractivity contribution in [2.75, 3.05) is 0 Å². The van der Waals surface area contributed by atoms with E-state index in [2.05, 4.69) is 27.7 Å². The summed E-state index contributed by atoms with van der Waals surface area (Å²) in [6, 6.07) is 3.82. The first-order valence-electron chi connectivity index (χ1n) is 7.30. The Bertz CT molecular complexity index is 339. The van der Waals surface area contributed by atoms with Crippen LogP contribution in [0.3, 0.4) is 0 Å². The van der Waals surface area contributed by atoms with Crippen LogP contribution in [0.4, 0.5) is 0 Å². The number of benzene rings is 1. The van der Waals surface area contributed by atoms with Gasteiger partial charge in [0.15, 0.2) is 0 Å². The van der Waals surface area contributed by atoms with Crippen LogP contribution in [-0.2, 0) is 0 Å². The molecule has 1 rings (SSSR count). The van der Waals surface area contributed by atoms with Crippen molar-refractivity contribution in [2.45, 2.75) is 59.0 Å². The molecule has 0 saturated carbocycles. The van der Waals surface area contributed by atoms with E-state index >= 15 is 0 Å². The van der Waals surface area contributed by atoms with Crippen molar-refractivity contribution < 1.29 is 5.11 Å². The standard InChI is InChI=1S/C9H12O.2C4H9.Al/c1-6-4-7(2)9(10)8(3)5-6;2*1-4(2)3;/h4-5,10H,1-3H3;2*4H,1H2,2-3H3;/q;;;+1/p-1. The number of hydrogen-bond donors (Lipinski definition) is 0. The summed E-state index contributed by atoms with van der Waals surface area (Å²) in [5.74, 6) is 2.03. The molecule has 2 heteroatoms. The van der Waals surface area contributed by atoms with Crippen molar-refractivity contribution in [1.82, 2.24) is 0 Å². The van der Waals surface area contributed by atoms with E-state index in [9.17, 15) is 5.11 Å². The molecule has 0 atom stereocenters. The molecule has 0 spiro atoms. The first-order valence-corrected chi connectivity index (χ1v) is 8.93. The Morgan fingerprint density at radius 3 is 1.58 bits per heavy atom. The molecule has 0 aliphatic rings. The second kappa shape index (κ2) is 9.46. The van der Waals surface area contributed by atoms with Gasteiger partial charge in [-0.3, -0.25) is 0 Å². The number of rotatable bonds is 4. The fourth-order valence-corrected chi connectivity index (χ4v) is 3.46. The maximum absolute atomic E-state index is 11.1. The van der Waals surface area contributed by atoms with Crippen molar-refractivity contribution in [1.29, 1.82) is 0 Å². The Kier molecular flexibility index (Phi) is 9.23. The zero-order valence-corrected chi connectivity index (χ0v) is 14.9. The maximum atomic E-state index is 11.1. The third-order valence-corrected chi connectivity index (χ3v) is 5.43. The van der Waals surface area contributed by atoms with E-state index in [1.807, 2.05) is 32.9 Å². The van der Waals surface area contributed by atoms with E-state index < -0.39 is 0 Å². The van der Waals surface area contributed by atoms with Gasteiger partial charge in [0.1, 0.15) is 0 Å². The van der Waals surface area contributed by atoms with Crippen LogP contribution in [0.25, 0.3) is 0 Å². The van der Waals surface area contributed by atoms with Crippen molar-refractivity contribution in [2.24, 2.45) is 11.8 Å². The summed E-state index contributed by atoms with van der Waals surface area (Å²) in [5, 5.41) is 14.1. The van der Waals surface area contributed by atoms with Crippen molar-refractivity contribution in [3.8, 4) is 5.75 Å². The fourth-order valence-electron chi connectivity index (χ4n) is 1.93. The van der Waals surface area contributed by atoms with Crippen LogP contribution < -0.4 is 5.11 Å². The van der Waals surface area contributed by atoms with Gasteiger partial charge in [-0.05, 0) is 20.8 Å². The number of aryl methyl sites for hydroxylation is 3. The van der Waals surface area contributed by atoms with Gasteiger partial charge in [0.25, 0.3) is 0 Å². The summed E-state index contributed by atoms with van der Waals surface area (Å²) in [6.45, 7) is 14.9. The van der Waals surface area contributed by atoms with Crippen LogP contribution in [-0.4, -0.2) is 15.2 Å². The van der Waals surface area contributed by atoms with Gasteiger partial charge in [0.2, 0.25) is 0 Å². The molecule has 19 heavy (non-hydrogen) atoms. The molecule has 0 aliphatic carbocycles. The van der Waals surface area contributed by atoms with Crippen LogP contribution in [0, 0.1) is 32.6 Å². The van der Waals surface area contributed by atoms with Crippen molar-refractivity contribution in [3.05, 3.63) is 28.8 Å². The minimum Gasteiger partial charge on any atom is -0.872 e. The molecule has 0 N–H and O–H groups in total. The van der Waals surface area contributed by atoms with Crippen LogP contribution >= 0.6 is 0 Å². The van der Waals surface area contributed by atoms with E-state index in [1.54, 1.807) is 0 Å². The molecule has 1 nitrogen and oxygen atoms in total. The molecular formula is C17H29AlO. The van der Waals surface area contributed by atoms with Gasteiger partial charge < -0.3 is 5.11 Å². The molecule has 0 unspecified atom stereocenters. The fraction of sp³-hybridized carbons (Fsp3) is 0.647. The SMILES string of the molecule is CC(C)[CH2][Al+][CH2]C(C)C.Cc1cc(C)c([O-])c(C)c1. The smallest absolute Gasteiger partial charge is 0.0398 e. The summed E-state index contributed by atoms with van der Waals surface area (Å²) in [5.41, 5.74) is 2.85. The van der Waals surface area contributed by atoms with Gasteiger partial charge in [0.05, 0.1) is 0 Å². The molecule has 0 aromatic heterocycles. The van der Waals surface area contributed by atoms with Crippen molar-refractivity contribution in [3.63, 3.8) is 0 Å². The minimum absolute atomic E-state index is 0.172. The summed E-state index contributed by atoms with van der Waals surface area (Å²) in [7, 11) is 0. The predicted octanol–water partition coefficient (Wildman–Crippen LogP) is 4.52. The van der Waals surface area contributed by atoms with Crippen LogP contribution in [0.5, 0.6) is 5.75 Å². The van der Waals surface area contributed by atoms with E-state index in [-0.39, 0.29) is 5.75 Å². The summed E-state index contributed by atoms with van der Waals surface area (Å²) in [4.78, 5) is 0. The predicted molar refractivity (Wildman–Crippen MR) is 85.1 cm³/mol. The molecular weight excluding hydrogens is 247 g/mol. The Morgan fingerprint density at radius 2 is 1.26 bits per heavy atom. The zero-order chi connectivity index (χ0) is 15.0. The van der Waals surface area contributed by atoms with E-state index in [1.165, 1.54) is 10.6 Å². The summed E-state index contributed by atoms with van der Waals surface area (Å²) < 4.78 is 0. The monoisotopic (exact) mass is 276 g/mol. The Hall–Kier alpha value is -0.448. The van der Waals surface area contributed by atoms with Gasteiger partial charge in [-0.2, -0.15) is 0 Å². The van der Waals surface area contributed by atoms with Gasteiger partial charge in [-0.25, -0.2) is 0 Å². The van der Waals surface area contributed by atoms with Gasteiger partial charge in [0, 0.05) is 0 Å². The molecule has 0 radical (unpaired) electrons. The molecule has 0 saturated heterocycles. The molecule has 0 fully saturated rings. The quantitative estimate of drug-likeness (QED) is 0.741. The zero-order valence-electron chi connectivity index (χ0n) is 13.7. The minimum atomic E-state index is 0.172. The summed E-state index contributed by atoms with van der Waals surface area (Å²) in [6.07, 6.45) is 0. The second-order valence-electron chi connectivity index (χ2n) is 6.28. The molecule has 106 valence electrons. The van der Waals surface area contributed by atoms with Crippen LogP contribution in [0.2, 0.25) is 10.6 Å². The molecule has 0 aliphatic heterocycles. The van der Waals surface area contributed by atoms with Gasteiger partial charge in [-0.15, -0.1) is 5.75 Å². The average Bonchev–Trinajstić information content (AvgIpc) is 2.25. The Morgan fingerprint density at radius 1 is 0.895 bits per heavy atom. The molecule has 0 heterocycles. The third kappa shape index (κ3) is 9.14. The maximum Gasteiger partial charge on any atom is -0.0398 e. The Labute approximate surface area is 126 Å². The molecule has 0 bridgehead atoms. The van der Waals surface area contributed by atoms with Crippen molar-refractivity contribution >= 4 is 15.2 Å². The molecule has 1 aromatic rings. The topological polar surface area (TPSA) is 23.1 Å². The average molecular weight is 276 g/mol. The molecule has 1 aromatic carbocycles. The first-order chi connectivity index (χ1) is 8.73. The normalized spacial score (nSPS) is 10.2.